The van der Waals surface area contributed by atoms with E-state index in [0.717, 1.165) is 25.5 Å². The first-order chi connectivity index (χ1) is 9.79. The van der Waals surface area contributed by atoms with Crippen LogP contribution < -0.4 is 5.32 Å². The van der Waals surface area contributed by atoms with Crippen LogP contribution in [0.3, 0.4) is 0 Å². The van der Waals surface area contributed by atoms with E-state index in [1.807, 2.05) is 19.4 Å². The number of aryl methyl sites for hydroxylation is 1. The summed E-state index contributed by atoms with van der Waals surface area (Å²) in [6, 6.07) is 2.09. The van der Waals surface area contributed by atoms with Gasteiger partial charge < -0.3 is 10.2 Å². The molecule has 1 aliphatic heterocycles. The second kappa shape index (κ2) is 7.15. The Morgan fingerprint density at radius 2 is 2.05 bits per heavy atom. The molecule has 0 spiro atoms. The lowest BCUT2D eigenvalue weighted by Gasteiger charge is -2.62. The highest BCUT2D eigenvalue weighted by Gasteiger charge is 2.53. The second-order valence-electron chi connectivity index (χ2n) is 7.06. The van der Waals surface area contributed by atoms with Crippen LogP contribution in [0.15, 0.2) is 23.5 Å². The highest BCUT2D eigenvalue weighted by atomic mass is 127. The third kappa shape index (κ3) is 3.55. The summed E-state index contributed by atoms with van der Waals surface area (Å²) in [5.74, 6) is 1.01. The fraction of sp³-hybridized carbons (Fsp3) is 0.647. The number of guanidine groups is 1. The Morgan fingerprint density at radius 3 is 2.55 bits per heavy atom. The van der Waals surface area contributed by atoms with Gasteiger partial charge in [-0.3, -0.25) is 9.98 Å². The lowest BCUT2D eigenvalue weighted by molar-refractivity contribution is -0.0666. The van der Waals surface area contributed by atoms with Gasteiger partial charge in [-0.05, 0) is 44.4 Å². The predicted molar refractivity (Wildman–Crippen MR) is 104 cm³/mol. The molecule has 0 amide bonds. The Balaban J connectivity index is 0.00000242. The van der Waals surface area contributed by atoms with Crippen molar-refractivity contribution >= 4 is 29.9 Å². The summed E-state index contributed by atoms with van der Waals surface area (Å²) in [5, 5.41) is 3.50. The fourth-order valence-electron chi connectivity index (χ4n) is 2.79. The van der Waals surface area contributed by atoms with Crippen LogP contribution in [0.25, 0.3) is 0 Å². The summed E-state index contributed by atoms with van der Waals surface area (Å²) >= 11 is 0. The monoisotopic (exact) mass is 416 g/mol. The van der Waals surface area contributed by atoms with Gasteiger partial charge in [-0.15, -0.1) is 24.0 Å². The molecule has 1 aromatic heterocycles. The molecule has 0 saturated carbocycles. The summed E-state index contributed by atoms with van der Waals surface area (Å²) in [4.78, 5) is 10.9. The molecular formula is C17H29IN4. The van der Waals surface area contributed by atoms with Crippen LogP contribution in [-0.2, 0) is 6.42 Å². The van der Waals surface area contributed by atoms with Crippen LogP contribution in [0.5, 0.6) is 0 Å². The zero-order valence-electron chi connectivity index (χ0n) is 14.6. The third-order valence-electron chi connectivity index (χ3n) is 5.17. The number of nitrogens with zero attached hydrogens (tertiary/aromatic N) is 3. The molecule has 2 rings (SSSR count). The number of hydrogen-bond donors (Lipinski definition) is 1. The molecule has 1 saturated heterocycles. The molecule has 2 heterocycles. The maximum Gasteiger partial charge on any atom is 0.194 e. The number of hydrogen-bond acceptors (Lipinski definition) is 2. The molecule has 1 fully saturated rings. The van der Waals surface area contributed by atoms with Crippen LogP contribution >= 0.6 is 24.0 Å². The fourth-order valence-corrected chi connectivity index (χ4v) is 2.79. The van der Waals surface area contributed by atoms with Crippen molar-refractivity contribution in [3.8, 4) is 0 Å². The highest BCUT2D eigenvalue weighted by molar-refractivity contribution is 14.0. The van der Waals surface area contributed by atoms with Crippen LogP contribution in [0.2, 0.25) is 0 Å². The highest BCUT2D eigenvalue weighted by Crippen LogP contribution is 2.46. The van der Waals surface area contributed by atoms with E-state index in [4.69, 9.17) is 0 Å². The van der Waals surface area contributed by atoms with Crippen molar-refractivity contribution in [2.24, 2.45) is 10.4 Å². The molecule has 22 heavy (non-hydrogen) atoms. The first-order valence-corrected chi connectivity index (χ1v) is 7.67. The average molecular weight is 416 g/mol. The zero-order valence-corrected chi connectivity index (χ0v) is 16.9. The van der Waals surface area contributed by atoms with Crippen molar-refractivity contribution < 1.29 is 0 Å². The van der Waals surface area contributed by atoms with Crippen molar-refractivity contribution in [3.05, 3.63) is 29.6 Å². The Morgan fingerprint density at radius 1 is 1.36 bits per heavy atom. The van der Waals surface area contributed by atoms with E-state index in [1.165, 1.54) is 11.1 Å². The van der Waals surface area contributed by atoms with E-state index in [2.05, 4.69) is 60.9 Å². The van der Waals surface area contributed by atoms with Crippen LogP contribution in [-0.4, -0.2) is 41.5 Å². The first kappa shape index (κ1) is 19.2. The molecule has 1 N–H and O–H groups in total. The molecule has 0 aromatic carbocycles. The van der Waals surface area contributed by atoms with Gasteiger partial charge in [0.05, 0.1) is 0 Å². The predicted octanol–water partition coefficient (Wildman–Crippen LogP) is 3.25. The lowest BCUT2D eigenvalue weighted by Crippen LogP contribution is -2.72. The second-order valence-corrected chi connectivity index (χ2v) is 7.06. The molecule has 0 radical (unpaired) electrons. The Kier molecular flexibility index (Phi) is 6.24. The first-order valence-electron chi connectivity index (χ1n) is 7.67. The molecule has 4 nitrogen and oxygen atoms in total. The minimum atomic E-state index is 0. The average Bonchev–Trinajstić information content (AvgIpc) is 2.43. The largest absolute Gasteiger partial charge is 0.356 e. The van der Waals surface area contributed by atoms with Crippen LogP contribution in [0.1, 0.15) is 38.8 Å². The molecular weight excluding hydrogens is 387 g/mol. The molecule has 0 atom stereocenters. The van der Waals surface area contributed by atoms with E-state index in [9.17, 15) is 0 Å². The minimum absolute atomic E-state index is 0. The maximum atomic E-state index is 4.44. The number of pyridine rings is 1. The Bertz CT molecular complexity index is 537. The number of aromatic nitrogens is 1. The minimum Gasteiger partial charge on any atom is -0.356 e. The van der Waals surface area contributed by atoms with E-state index < -0.39 is 0 Å². The zero-order chi connectivity index (χ0) is 15.7. The van der Waals surface area contributed by atoms with Gasteiger partial charge in [0.25, 0.3) is 0 Å². The van der Waals surface area contributed by atoms with Gasteiger partial charge >= 0.3 is 0 Å². The summed E-state index contributed by atoms with van der Waals surface area (Å²) in [5.41, 5.74) is 3.06. The van der Waals surface area contributed by atoms with Crippen molar-refractivity contribution in [3.63, 3.8) is 0 Å². The lowest BCUT2D eigenvalue weighted by atomic mass is 9.65. The van der Waals surface area contributed by atoms with Crippen LogP contribution in [0.4, 0.5) is 0 Å². The summed E-state index contributed by atoms with van der Waals surface area (Å²) in [7, 11) is 1.86. The van der Waals surface area contributed by atoms with Crippen molar-refractivity contribution in [2.45, 2.75) is 46.6 Å². The van der Waals surface area contributed by atoms with Gasteiger partial charge in [0.2, 0.25) is 0 Å². The van der Waals surface area contributed by atoms with Crippen LogP contribution in [0, 0.1) is 12.3 Å². The van der Waals surface area contributed by atoms with E-state index in [0.29, 0.717) is 5.41 Å². The summed E-state index contributed by atoms with van der Waals surface area (Å²) in [6.45, 7) is 13.3. The Labute approximate surface area is 151 Å². The number of likely N-dealkylation sites (tertiary alicyclic amines) is 1. The molecule has 0 bridgehead atoms. The van der Waals surface area contributed by atoms with Crippen molar-refractivity contribution in [2.75, 3.05) is 20.1 Å². The molecule has 124 valence electrons. The molecule has 0 unspecified atom stereocenters. The topological polar surface area (TPSA) is 40.5 Å². The molecule has 1 aromatic rings. The van der Waals surface area contributed by atoms with Gasteiger partial charge in [-0.25, -0.2) is 0 Å². The van der Waals surface area contributed by atoms with Crippen molar-refractivity contribution in [1.82, 2.24) is 15.2 Å². The maximum absolute atomic E-state index is 4.44. The molecule has 5 heteroatoms. The standard InChI is InChI=1S/C17H28N4.HI/c1-13-11-19-9-7-14(13)8-10-20-15(18-6)21-12-16(2,3)17(21,4)5;/h7,9,11H,8,10,12H2,1-6H3,(H,18,20);1H. The van der Waals surface area contributed by atoms with E-state index in [1.54, 1.807) is 0 Å². The number of aliphatic imine (C=N–C) groups is 1. The molecule has 1 aliphatic rings. The number of nitrogens with one attached hydrogen (secondary N) is 1. The third-order valence-corrected chi connectivity index (χ3v) is 5.17. The van der Waals surface area contributed by atoms with Gasteiger partial charge in [0.1, 0.15) is 0 Å². The quantitative estimate of drug-likeness (QED) is 0.467. The van der Waals surface area contributed by atoms with E-state index in [-0.39, 0.29) is 29.5 Å². The number of rotatable bonds is 3. The number of halogens is 1. The van der Waals surface area contributed by atoms with Gasteiger partial charge in [0.15, 0.2) is 5.96 Å². The normalized spacial score (nSPS) is 19.2. The van der Waals surface area contributed by atoms with Gasteiger partial charge in [-0.1, -0.05) is 13.8 Å². The summed E-state index contributed by atoms with van der Waals surface area (Å²) < 4.78 is 0. The summed E-state index contributed by atoms with van der Waals surface area (Å²) in [6.07, 6.45) is 4.77. The Hall–Kier alpha value is -0.850. The smallest absolute Gasteiger partial charge is 0.194 e. The van der Waals surface area contributed by atoms with Gasteiger partial charge in [-0.2, -0.15) is 0 Å². The van der Waals surface area contributed by atoms with E-state index >= 15 is 0 Å². The van der Waals surface area contributed by atoms with Gasteiger partial charge in [0, 0.05) is 43.5 Å². The molecule has 0 aliphatic carbocycles. The SMILES string of the molecule is CN=C(NCCc1ccncc1C)N1CC(C)(C)C1(C)C.I. The van der Waals surface area contributed by atoms with Crippen molar-refractivity contribution in [1.29, 1.82) is 0 Å².